The first-order chi connectivity index (χ1) is 20.4. The van der Waals surface area contributed by atoms with Crippen molar-refractivity contribution in [1.29, 1.82) is 0 Å². The van der Waals surface area contributed by atoms with Crippen LogP contribution in [0.5, 0.6) is 0 Å². The Balaban J connectivity index is 2.06. The van der Waals surface area contributed by atoms with Crippen LogP contribution in [0.4, 0.5) is 0 Å². The van der Waals surface area contributed by atoms with E-state index >= 15 is 0 Å². The van der Waals surface area contributed by atoms with Gasteiger partial charge in [0.25, 0.3) is 0 Å². The molecule has 0 amide bonds. The summed E-state index contributed by atoms with van der Waals surface area (Å²) < 4.78 is 41.5. The molecule has 2 saturated carbocycles. The van der Waals surface area contributed by atoms with Crippen molar-refractivity contribution >= 4 is 29.8 Å². The minimum Gasteiger partial charge on any atom is -0.472 e. The molecule has 44 heavy (non-hydrogen) atoms. The molecular weight excluding hydrogens is 580 g/mol. The van der Waals surface area contributed by atoms with E-state index in [9.17, 15) is 29.1 Å². The highest BCUT2D eigenvalue weighted by molar-refractivity contribution is 5.89. The van der Waals surface area contributed by atoms with Gasteiger partial charge in [0.15, 0.2) is 11.7 Å². The van der Waals surface area contributed by atoms with Crippen LogP contribution in [0, 0.1) is 17.3 Å². The van der Waals surface area contributed by atoms with Crippen molar-refractivity contribution in [2.24, 2.45) is 17.3 Å². The molecule has 3 aliphatic rings. The molecule has 13 nitrogen and oxygen atoms in total. The predicted molar refractivity (Wildman–Crippen MR) is 149 cm³/mol. The summed E-state index contributed by atoms with van der Waals surface area (Å²) in [5.74, 6) is -4.84. The van der Waals surface area contributed by atoms with Gasteiger partial charge in [-0.1, -0.05) is 13.8 Å². The highest BCUT2D eigenvalue weighted by Gasteiger charge is 2.86. The lowest BCUT2D eigenvalue weighted by atomic mass is 9.46. The molecule has 2 heterocycles. The van der Waals surface area contributed by atoms with E-state index in [4.69, 9.17) is 32.8 Å². The molecular formula is C31H42O13. The molecule has 2 bridgehead atoms. The van der Waals surface area contributed by atoms with Crippen LogP contribution < -0.4 is 0 Å². The van der Waals surface area contributed by atoms with Crippen LogP contribution in [0.15, 0.2) is 23.0 Å². The number of rotatable bonds is 9. The zero-order valence-corrected chi connectivity index (χ0v) is 26.4. The molecule has 1 N–H and O–H groups in total. The molecule has 3 fully saturated rings. The zero-order chi connectivity index (χ0) is 32.8. The van der Waals surface area contributed by atoms with Crippen LogP contribution in [0.3, 0.4) is 0 Å². The average molecular weight is 623 g/mol. The lowest BCUT2D eigenvalue weighted by Gasteiger charge is -2.65. The van der Waals surface area contributed by atoms with E-state index in [1.165, 1.54) is 32.4 Å². The molecule has 4 rings (SSSR count). The van der Waals surface area contributed by atoms with E-state index in [0.717, 1.165) is 13.8 Å². The van der Waals surface area contributed by atoms with Crippen LogP contribution in [-0.4, -0.2) is 82.8 Å². The first kappa shape index (κ1) is 33.4. The number of furan rings is 1. The summed E-state index contributed by atoms with van der Waals surface area (Å²) in [6.45, 7) is 11.3. The molecule has 1 spiro atoms. The maximum Gasteiger partial charge on any atom is 0.341 e. The van der Waals surface area contributed by atoms with Crippen molar-refractivity contribution in [2.45, 2.75) is 116 Å². The zero-order valence-electron chi connectivity index (χ0n) is 26.4. The van der Waals surface area contributed by atoms with E-state index in [1.807, 2.05) is 0 Å². The predicted octanol–water partition coefficient (Wildman–Crippen LogP) is 2.90. The first-order valence-corrected chi connectivity index (χ1v) is 14.8. The number of carbonyl (C=O) groups excluding carboxylic acids is 5. The van der Waals surface area contributed by atoms with Gasteiger partial charge in [0, 0.05) is 33.1 Å². The topological polar surface area (TPSA) is 174 Å². The molecule has 13 heteroatoms. The molecule has 244 valence electrons. The summed E-state index contributed by atoms with van der Waals surface area (Å²) in [6.07, 6.45) is -2.71. The van der Waals surface area contributed by atoms with Crippen LogP contribution in [-0.2, 0) is 47.6 Å². The van der Waals surface area contributed by atoms with Crippen molar-refractivity contribution in [2.75, 3.05) is 6.61 Å². The smallest absolute Gasteiger partial charge is 0.341 e. The Labute approximate surface area is 255 Å². The maximum atomic E-state index is 13.5. The third-order valence-electron chi connectivity index (χ3n) is 9.44. The summed E-state index contributed by atoms with van der Waals surface area (Å²) in [6, 6.07) is 1.40. The lowest BCUT2D eigenvalue weighted by Crippen LogP contribution is -2.83. The van der Waals surface area contributed by atoms with Crippen molar-refractivity contribution in [1.82, 2.24) is 0 Å². The lowest BCUT2D eigenvalue weighted by molar-refractivity contribution is -0.356. The Morgan fingerprint density at radius 2 is 1.59 bits per heavy atom. The Bertz CT molecular complexity index is 1280. The second-order valence-electron chi connectivity index (χ2n) is 12.8. The molecule has 1 aliphatic heterocycles. The van der Waals surface area contributed by atoms with Crippen LogP contribution >= 0.6 is 0 Å². The minimum absolute atomic E-state index is 0.0300. The molecule has 1 aromatic heterocycles. The number of hydrogen-bond donors (Lipinski definition) is 1. The third-order valence-corrected chi connectivity index (χ3v) is 9.44. The first-order valence-electron chi connectivity index (χ1n) is 14.8. The second-order valence-corrected chi connectivity index (χ2v) is 12.8. The number of ether oxygens (including phenoxy) is 6. The van der Waals surface area contributed by atoms with Gasteiger partial charge in [-0.2, -0.15) is 0 Å². The normalized spacial score (nSPS) is 35.9. The van der Waals surface area contributed by atoms with Crippen molar-refractivity contribution in [3.63, 3.8) is 0 Å². The molecule has 1 saturated heterocycles. The monoisotopic (exact) mass is 622 g/mol. The fourth-order valence-corrected chi connectivity index (χ4v) is 7.47. The molecule has 1 aromatic rings. The summed E-state index contributed by atoms with van der Waals surface area (Å²) >= 11 is 0. The van der Waals surface area contributed by atoms with Gasteiger partial charge in [0.2, 0.25) is 0 Å². The van der Waals surface area contributed by atoms with Gasteiger partial charge in [-0.25, -0.2) is 4.79 Å². The van der Waals surface area contributed by atoms with Crippen molar-refractivity contribution < 1.29 is 61.9 Å². The van der Waals surface area contributed by atoms with Gasteiger partial charge in [-0.15, -0.1) is 0 Å². The van der Waals surface area contributed by atoms with Crippen LogP contribution in [0.25, 0.3) is 0 Å². The fourth-order valence-electron chi connectivity index (χ4n) is 7.47. The number of hydrogen-bond acceptors (Lipinski definition) is 13. The van der Waals surface area contributed by atoms with E-state index < -0.39 is 94.9 Å². The largest absolute Gasteiger partial charge is 0.472 e. The molecule has 9 unspecified atom stereocenters. The average Bonchev–Trinajstić information content (AvgIpc) is 3.50. The fraction of sp³-hybridized carbons (Fsp3) is 0.710. The quantitative estimate of drug-likeness (QED) is 0.315. The summed E-state index contributed by atoms with van der Waals surface area (Å²) in [5.41, 5.74) is -7.01. The summed E-state index contributed by atoms with van der Waals surface area (Å²) in [5, 5.41) is 12.5. The van der Waals surface area contributed by atoms with E-state index in [-0.39, 0.29) is 18.4 Å². The Kier molecular flexibility index (Phi) is 8.98. The second kappa shape index (κ2) is 11.8. The van der Waals surface area contributed by atoms with Crippen LogP contribution in [0.1, 0.15) is 85.0 Å². The molecule has 0 aromatic carbocycles. The SMILES string of the molecule is CCC(C)C(=O)OCC12C(OC(=O)c3ccoc3)CC3C(OC(C)=O)C1(OC3(C)C)C(C)(O)CC(OC(C)=O)C2OC(C)=O. The van der Waals surface area contributed by atoms with Crippen molar-refractivity contribution in [3.8, 4) is 0 Å². The van der Waals surface area contributed by atoms with Crippen LogP contribution in [0.2, 0.25) is 0 Å². The Morgan fingerprint density at radius 3 is 2.14 bits per heavy atom. The summed E-state index contributed by atoms with van der Waals surface area (Å²) in [7, 11) is 0. The maximum absolute atomic E-state index is 13.5. The molecule has 0 radical (unpaired) electrons. The number of esters is 5. The molecule has 2 aliphatic carbocycles. The van der Waals surface area contributed by atoms with Gasteiger partial charge in [0.05, 0.1) is 28.9 Å². The third kappa shape index (κ3) is 5.38. The Morgan fingerprint density at radius 1 is 0.977 bits per heavy atom. The van der Waals surface area contributed by atoms with Gasteiger partial charge in [-0.05, 0) is 39.7 Å². The number of fused-ring (bicyclic) bond motifs is 1. The van der Waals surface area contributed by atoms with E-state index in [2.05, 4.69) is 0 Å². The van der Waals surface area contributed by atoms with Gasteiger partial charge >= 0.3 is 29.8 Å². The van der Waals surface area contributed by atoms with Gasteiger partial charge < -0.3 is 37.9 Å². The molecule has 9 atom stereocenters. The van der Waals surface area contributed by atoms with Gasteiger partial charge in [0.1, 0.15) is 36.6 Å². The highest BCUT2D eigenvalue weighted by atomic mass is 16.6. The van der Waals surface area contributed by atoms with Crippen molar-refractivity contribution in [3.05, 3.63) is 24.2 Å². The number of carbonyl (C=O) groups is 5. The van der Waals surface area contributed by atoms with E-state index in [1.54, 1.807) is 27.7 Å². The highest BCUT2D eigenvalue weighted by Crippen LogP contribution is 2.69. The van der Waals surface area contributed by atoms with Gasteiger partial charge in [-0.3, -0.25) is 19.2 Å². The Hall–Kier alpha value is -3.45. The summed E-state index contributed by atoms with van der Waals surface area (Å²) in [4.78, 5) is 64.5. The number of aliphatic hydroxyl groups is 1. The minimum atomic E-state index is -2.01. The van der Waals surface area contributed by atoms with E-state index in [0.29, 0.717) is 6.42 Å². The standard InChI is InChI=1S/C31H42O13/c1-9-16(2)26(35)39-15-30-23(43-27(36)20-10-11-38-14-20)12-21-24(41-18(4)33)31(30,44-28(21,6)7)29(8,37)13-22(40-17(3)32)25(30)42-19(5)34/h10-11,14,16,21-25,37H,9,12-13,15H2,1-8H3.